The van der Waals surface area contributed by atoms with E-state index in [1.54, 1.807) is 24.3 Å². The van der Waals surface area contributed by atoms with Crippen LogP contribution in [0.25, 0.3) is 0 Å². The highest BCUT2D eigenvalue weighted by molar-refractivity contribution is 7.89. The molecule has 3 heterocycles. The van der Waals surface area contributed by atoms with E-state index in [0.717, 1.165) is 19.4 Å². The highest BCUT2D eigenvalue weighted by Crippen LogP contribution is 2.40. The number of likely N-dealkylation sites (N-methyl/N-ethyl adjacent to an activating group) is 1. The summed E-state index contributed by atoms with van der Waals surface area (Å²) >= 11 is 0. The minimum absolute atomic E-state index is 0.0294. The van der Waals surface area contributed by atoms with Crippen LogP contribution < -0.4 is 4.74 Å². The SMILES string of the molecule is CC(C)S(=O)(=O)N1CC2(CC(COc3ccccn3)CCN2C)C1.O=C(O)C(F)(F)F.O=C(O)C(F)(F)F. The molecule has 1 aromatic rings. The van der Waals surface area contributed by atoms with Gasteiger partial charge in [-0.1, -0.05) is 6.07 Å². The summed E-state index contributed by atoms with van der Waals surface area (Å²) in [5.74, 6) is -4.42. The van der Waals surface area contributed by atoms with Gasteiger partial charge in [-0.3, -0.25) is 4.90 Å². The molecule has 0 aromatic carbocycles. The molecule has 0 radical (unpaired) electrons. The molecule has 218 valence electrons. The Morgan fingerprint density at radius 1 is 1.11 bits per heavy atom. The molecule has 0 saturated carbocycles. The molecule has 2 N–H and O–H groups in total. The summed E-state index contributed by atoms with van der Waals surface area (Å²) in [5.41, 5.74) is -0.0294. The topological polar surface area (TPSA) is 137 Å². The third-order valence-corrected chi connectivity index (χ3v) is 8.01. The quantitative estimate of drug-likeness (QED) is 0.503. The molecule has 10 nitrogen and oxygen atoms in total. The molecule has 38 heavy (non-hydrogen) atoms. The van der Waals surface area contributed by atoms with E-state index in [4.69, 9.17) is 24.5 Å². The van der Waals surface area contributed by atoms with Gasteiger partial charge >= 0.3 is 24.3 Å². The van der Waals surface area contributed by atoms with Gasteiger partial charge in [0.05, 0.1) is 11.9 Å². The molecule has 0 amide bonds. The maximum atomic E-state index is 12.3. The summed E-state index contributed by atoms with van der Waals surface area (Å²) in [4.78, 5) is 24.3. The molecular weight excluding hydrogens is 552 g/mol. The first-order valence-electron chi connectivity index (χ1n) is 11.1. The Hall–Kier alpha value is -2.66. The lowest BCUT2D eigenvalue weighted by Gasteiger charge is -2.58. The highest BCUT2D eigenvalue weighted by atomic mass is 32.2. The molecule has 0 bridgehead atoms. The van der Waals surface area contributed by atoms with Crippen LogP contribution in [0.5, 0.6) is 5.88 Å². The zero-order valence-electron chi connectivity index (χ0n) is 20.7. The van der Waals surface area contributed by atoms with Crippen molar-refractivity contribution in [1.29, 1.82) is 0 Å². The van der Waals surface area contributed by atoms with Gasteiger partial charge in [-0.2, -0.15) is 30.6 Å². The number of pyridine rings is 1. The predicted octanol–water partition coefficient (Wildman–Crippen LogP) is 2.86. The Morgan fingerprint density at radius 3 is 2.00 bits per heavy atom. The largest absolute Gasteiger partial charge is 0.490 e. The van der Waals surface area contributed by atoms with E-state index in [9.17, 15) is 34.8 Å². The van der Waals surface area contributed by atoms with Gasteiger partial charge in [-0.25, -0.2) is 23.0 Å². The van der Waals surface area contributed by atoms with Crippen molar-refractivity contribution in [2.24, 2.45) is 5.92 Å². The van der Waals surface area contributed by atoms with E-state index < -0.39 is 34.3 Å². The summed E-state index contributed by atoms with van der Waals surface area (Å²) in [6.07, 6.45) is -6.39. The fourth-order valence-corrected chi connectivity index (χ4v) is 5.08. The molecule has 1 aromatic heterocycles. The zero-order valence-corrected chi connectivity index (χ0v) is 21.5. The molecule has 0 aliphatic carbocycles. The van der Waals surface area contributed by atoms with Gasteiger partial charge in [0.2, 0.25) is 15.9 Å². The van der Waals surface area contributed by atoms with Crippen LogP contribution >= 0.6 is 0 Å². The van der Waals surface area contributed by atoms with Gasteiger partial charge in [-0.15, -0.1) is 0 Å². The summed E-state index contributed by atoms with van der Waals surface area (Å²) in [6, 6.07) is 5.65. The number of aromatic nitrogens is 1. The number of ether oxygens (including phenoxy) is 1. The molecule has 1 unspecified atom stereocenters. The van der Waals surface area contributed by atoms with Crippen LogP contribution in [0.1, 0.15) is 26.7 Å². The number of alkyl halides is 6. The number of sulfonamides is 1. The third-order valence-electron chi connectivity index (χ3n) is 5.84. The first-order chi connectivity index (χ1) is 17.2. The third kappa shape index (κ3) is 9.58. The maximum absolute atomic E-state index is 12.3. The molecule has 2 aliphatic heterocycles. The second-order valence-electron chi connectivity index (χ2n) is 8.95. The lowest BCUT2D eigenvalue weighted by atomic mass is 9.77. The fourth-order valence-electron chi connectivity index (χ4n) is 3.65. The lowest BCUT2D eigenvalue weighted by Crippen LogP contribution is -2.73. The Labute approximate surface area is 215 Å². The first kappa shape index (κ1) is 33.4. The van der Waals surface area contributed by atoms with Crippen molar-refractivity contribution in [3.05, 3.63) is 24.4 Å². The summed E-state index contributed by atoms with van der Waals surface area (Å²) < 4.78 is 95.5. The van der Waals surface area contributed by atoms with Crippen LogP contribution in [0.15, 0.2) is 24.4 Å². The second kappa shape index (κ2) is 12.9. The number of aliphatic carboxylic acids is 2. The average molecular weight is 582 g/mol. The van der Waals surface area contributed by atoms with Crippen LogP contribution in [0, 0.1) is 5.92 Å². The molecule has 1 spiro atoms. The maximum Gasteiger partial charge on any atom is 0.490 e. The smallest absolute Gasteiger partial charge is 0.477 e. The standard InChI is InChI=1S/C17H27N3O3S.2C2HF3O2/c1-14(2)24(21,22)20-12-17(13-20)10-15(7-9-19(17)3)11-23-16-6-4-5-8-18-16;2*3-2(4,5)1(6)7/h4-6,8,14-15H,7,9-13H2,1-3H3;2*(H,6,7). The molecule has 3 rings (SSSR count). The van der Waals surface area contributed by atoms with Crippen LogP contribution in [0.3, 0.4) is 0 Å². The summed E-state index contributed by atoms with van der Waals surface area (Å²) in [7, 11) is -1.04. The number of carboxylic acid groups (broad SMARTS) is 2. The van der Waals surface area contributed by atoms with Gasteiger partial charge in [-0.05, 0) is 52.3 Å². The van der Waals surface area contributed by atoms with Crippen LogP contribution in [0.2, 0.25) is 0 Å². The molecular formula is C21H29F6N3O7S. The van der Waals surface area contributed by atoms with Crippen LogP contribution in [-0.2, 0) is 19.6 Å². The number of halogens is 6. The number of hydrogen-bond acceptors (Lipinski definition) is 7. The minimum Gasteiger partial charge on any atom is -0.477 e. The van der Waals surface area contributed by atoms with E-state index >= 15 is 0 Å². The Morgan fingerprint density at radius 2 is 1.61 bits per heavy atom. The van der Waals surface area contributed by atoms with Crippen molar-refractivity contribution in [3.8, 4) is 5.88 Å². The minimum atomic E-state index is -5.08. The summed E-state index contributed by atoms with van der Waals surface area (Å²) in [5, 5.41) is 13.9. The van der Waals surface area contributed by atoms with E-state index in [1.165, 1.54) is 0 Å². The number of carboxylic acids is 2. The van der Waals surface area contributed by atoms with E-state index in [0.29, 0.717) is 31.5 Å². The van der Waals surface area contributed by atoms with E-state index in [1.807, 2.05) is 18.2 Å². The van der Waals surface area contributed by atoms with Crippen molar-refractivity contribution in [2.45, 2.75) is 49.8 Å². The second-order valence-corrected chi connectivity index (χ2v) is 11.4. The number of hydrogen-bond donors (Lipinski definition) is 2. The van der Waals surface area contributed by atoms with Gasteiger partial charge < -0.3 is 14.9 Å². The van der Waals surface area contributed by atoms with Crippen molar-refractivity contribution >= 4 is 22.0 Å². The Balaban J connectivity index is 0.000000426. The van der Waals surface area contributed by atoms with Crippen molar-refractivity contribution in [1.82, 2.24) is 14.2 Å². The van der Waals surface area contributed by atoms with Gasteiger partial charge in [0.15, 0.2) is 0 Å². The Bertz CT molecular complexity index is 1010. The first-order valence-corrected chi connectivity index (χ1v) is 12.6. The van der Waals surface area contributed by atoms with Crippen LogP contribution in [-0.4, -0.2) is 101 Å². The van der Waals surface area contributed by atoms with E-state index in [-0.39, 0.29) is 10.8 Å². The Kier molecular flexibility index (Phi) is 11.4. The van der Waals surface area contributed by atoms with Gasteiger partial charge in [0, 0.05) is 30.9 Å². The number of piperidine rings is 1. The van der Waals surface area contributed by atoms with Crippen molar-refractivity contribution < 1.29 is 59.3 Å². The van der Waals surface area contributed by atoms with Crippen LogP contribution in [0.4, 0.5) is 26.3 Å². The predicted molar refractivity (Wildman–Crippen MR) is 121 cm³/mol. The normalized spacial score (nSPS) is 19.9. The molecule has 17 heteroatoms. The number of rotatable bonds is 5. The molecule has 2 fully saturated rings. The fraction of sp³-hybridized carbons (Fsp3) is 0.667. The molecule has 1 atom stereocenters. The van der Waals surface area contributed by atoms with Gasteiger partial charge in [0.1, 0.15) is 0 Å². The zero-order chi connectivity index (χ0) is 29.5. The molecule has 2 aliphatic rings. The summed E-state index contributed by atoms with van der Waals surface area (Å²) in [6.45, 7) is 6.31. The van der Waals surface area contributed by atoms with Crippen molar-refractivity contribution in [3.63, 3.8) is 0 Å². The monoisotopic (exact) mass is 581 g/mol. The highest BCUT2D eigenvalue weighted by Gasteiger charge is 2.53. The number of nitrogens with zero attached hydrogens (tertiary/aromatic N) is 3. The number of likely N-dealkylation sites (tertiary alicyclic amines) is 1. The molecule has 2 saturated heterocycles. The average Bonchev–Trinajstić information content (AvgIpc) is 2.77. The van der Waals surface area contributed by atoms with E-state index in [2.05, 4.69) is 16.9 Å². The lowest BCUT2D eigenvalue weighted by molar-refractivity contribution is -0.193. The van der Waals surface area contributed by atoms with Gasteiger partial charge in [0.25, 0.3) is 0 Å². The number of carbonyl (C=O) groups is 2. The van der Waals surface area contributed by atoms with Crippen molar-refractivity contribution in [2.75, 3.05) is 33.3 Å².